The molecule has 1 aromatic heterocycles. The van der Waals surface area contributed by atoms with Crippen molar-refractivity contribution in [1.29, 1.82) is 0 Å². The van der Waals surface area contributed by atoms with Crippen molar-refractivity contribution in [1.82, 2.24) is 10.1 Å². The number of hydrogen-bond donors (Lipinski definition) is 2. The van der Waals surface area contributed by atoms with Crippen LogP contribution in [0, 0.1) is 5.41 Å². The SMILES string of the molecule is CC(C)(C)Cc1noc(C(O)CCN)n1. The molecule has 0 aromatic carbocycles. The largest absolute Gasteiger partial charge is 0.383 e. The van der Waals surface area contributed by atoms with E-state index in [1.165, 1.54) is 0 Å². The van der Waals surface area contributed by atoms with Gasteiger partial charge in [0.2, 0.25) is 0 Å². The van der Waals surface area contributed by atoms with E-state index in [4.69, 9.17) is 10.3 Å². The quantitative estimate of drug-likeness (QED) is 0.780. The second-order valence-electron chi connectivity index (χ2n) is 4.88. The molecule has 1 unspecified atom stereocenters. The summed E-state index contributed by atoms with van der Waals surface area (Å²) in [6.45, 7) is 6.69. The molecule has 86 valence electrons. The Morgan fingerprint density at radius 3 is 2.67 bits per heavy atom. The van der Waals surface area contributed by atoms with Crippen LogP contribution >= 0.6 is 0 Å². The predicted octanol–water partition coefficient (Wildman–Crippen LogP) is 1.04. The summed E-state index contributed by atoms with van der Waals surface area (Å²) in [7, 11) is 0. The summed E-state index contributed by atoms with van der Waals surface area (Å²) >= 11 is 0. The van der Waals surface area contributed by atoms with Crippen molar-refractivity contribution >= 4 is 0 Å². The first-order valence-electron chi connectivity index (χ1n) is 5.13. The van der Waals surface area contributed by atoms with E-state index >= 15 is 0 Å². The van der Waals surface area contributed by atoms with Crippen molar-refractivity contribution in [2.24, 2.45) is 11.1 Å². The Kier molecular flexibility index (Phi) is 3.82. The van der Waals surface area contributed by atoms with Crippen molar-refractivity contribution < 1.29 is 9.63 Å². The highest BCUT2D eigenvalue weighted by molar-refractivity contribution is 4.92. The highest BCUT2D eigenvalue weighted by atomic mass is 16.5. The van der Waals surface area contributed by atoms with Gasteiger partial charge in [0, 0.05) is 6.42 Å². The third-order valence-corrected chi connectivity index (χ3v) is 1.90. The van der Waals surface area contributed by atoms with Crippen LogP contribution in [0.3, 0.4) is 0 Å². The van der Waals surface area contributed by atoms with Crippen LogP contribution in [-0.2, 0) is 6.42 Å². The van der Waals surface area contributed by atoms with Crippen molar-refractivity contribution in [3.8, 4) is 0 Å². The minimum absolute atomic E-state index is 0.111. The molecule has 1 rings (SSSR count). The van der Waals surface area contributed by atoms with E-state index in [1.54, 1.807) is 0 Å². The third kappa shape index (κ3) is 3.97. The Hall–Kier alpha value is -0.940. The van der Waals surface area contributed by atoms with Crippen molar-refractivity contribution in [2.75, 3.05) is 6.54 Å². The lowest BCUT2D eigenvalue weighted by Crippen LogP contribution is -2.11. The predicted molar refractivity (Wildman–Crippen MR) is 56.1 cm³/mol. The van der Waals surface area contributed by atoms with Gasteiger partial charge in [-0.25, -0.2) is 0 Å². The topological polar surface area (TPSA) is 85.2 Å². The second kappa shape index (κ2) is 4.72. The standard InChI is InChI=1S/C10H19N3O2/c1-10(2,3)6-8-12-9(15-13-8)7(14)4-5-11/h7,14H,4-6,11H2,1-3H3. The zero-order valence-corrected chi connectivity index (χ0v) is 9.53. The lowest BCUT2D eigenvalue weighted by Gasteiger charge is -2.14. The molecule has 0 fully saturated rings. The first-order chi connectivity index (χ1) is 6.92. The molecule has 5 nitrogen and oxygen atoms in total. The maximum Gasteiger partial charge on any atom is 0.255 e. The van der Waals surface area contributed by atoms with E-state index in [9.17, 15) is 5.11 Å². The molecule has 0 radical (unpaired) electrons. The summed E-state index contributed by atoms with van der Waals surface area (Å²) in [5.41, 5.74) is 5.44. The Bertz CT molecular complexity index is 304. The molecular formula is C10H19N3O2. The molecule has 0 saturated carbocycles. The summed E-state index contributed by atoms with van der Waals surface area (Å²) in [5.74, 6) is 0.897. The molecule has 1 heterocycles. The van der Waals surface area contributed by atoms with E-state index in [2.05, 4.69) is 30.9 Å². The smallest absolute Gasteiger partial charge is 0.255 e. The minimum Gasteiger partial charge on any atom is -0.383 e. The lowest BCUT2D eigenvalue weighted by atomic mass is 9.92. The van der Waals surface area contributed by atoms with Crippen LogP contribution in [0.25, 0.3) is 0 Å². The van der Waals surface area contributed by atoms with Crippen molar-refractivity contribution in [3.63, 3.8) is 0 Å². The lowest BCUT2D eigenvalue weighted by molar-refractivity contribution is 0.127. The molecule has 0 aliphatic heterocycles. The first-order valence-corrected chi connectivity index (χ1v) is 5.13. The number of nitrogens with two attached hydrogens (primary N) is 1. The normalized spacial score (nSPS) is 14.2. The van der Waals surface area contributed by atoms with E-state index in [1.807, 2.05) is 0 Å². The fourth-order valence-electron chi connectivity index (χ4n) is 1.23. The molecule has 0 amide bonds. The van der Waals surface area contributed by atoms with E-state index in [0.717, 1.165) is 6.42 Å². The highest BCUT2D eigenvalue weighted by Crippen LogP contribution is 2.20. The van der Waals surface area contributed by atoms with Gasteiger partial charge in [-0.3, -0.25) is 0 Å². The average molecular weight is 213 g/mol. The number of nitrogens with zero attached hydrogens (tertiary/aromatic N) is 2. The Balaban J connectivity index is 2.64. The van der Waals surface area contributed by atoms with Crippen LogP contribution in [0.15, 0.2) is 4.52 Å². The molecular weight excluding hydrogens is 194 g/mol. The van der Waals surface area contributed by atoms with Crippen molar-refractivity contribution in [3.05, 3.63) is 11.7 Å². The van der Waals surface area contributed by atoms with Crippen LogP contribution in [0.2, 0.25) is 0 Å². The van der Waals surface area contributed by atoms with Gasteiger partial charge in [0.25, 0.3) is 5.89 Å². The van der Waals surface area contributed by atoms with Gasteiger partial charge in [-0.05, 0) is 18.4 Å². The van der Waals surface area contributed by atoms with Crippen LogP contribution in [0.5, 0.6) is 0 Å². The number of aliphatic hydroxyl groups excluding tert-OH is 1. The fourth-order valence-corrected chi connectivity index (χ4v) is 1.23. The molecule has 0 aliphatic carbocycles. The molecule has 0 spiro atoms. The zero-order chi connectivity index (χ0) is 11.5. The fraction of sp³-hybridized carbons (Fsp3) is 0.800. The van der Waals surface area contributed by atoms with Crippen molar-refractivity contribution in [2.45, 2.75) is 39.7 Å². The van der Waals surface area contributed by atoms with Gasteiger partial charge >= 0.3 is 0 Å². The van der Waals surface area contributed by atoms with Gasteiger partial charge in [-0.1, -0.05) is 25.9 Å². The third-order valence-electron chi connectivity index (χ3n) is 1.90. The van der Waals surface area contributed by atoms with Gasteiger partial charge in [0.15, 0.2) is 5.82 Å². The zero-order valence-electron chi connectivity index (χ0n) is 9.53. The molecule has 1 atom stereocenters. The van der Waals surface area contributed by atoms with E-state index in [0.29, 0.717) is 18.8 Å². The number of aliphatic hydroxyl groups is 1. The van der Waals surface area contributed by atoms with Crippen LogP contribution in [0.1, 0.15) is 45.0 Å². The number of aromatic nitrogens is 2. The molecule has 5 heteroatoms. The summed E-state index contributed by atoms with van der Waals surface area (Å²) in [6, 6.07) is 0. The molecule has 0 bridgehead atoms. The van der Waals surface area contributed by atoms with E-state index in [-0.39, 0.29) is 11.3 Å². The Morgan fingerprint density at radius 1 is 1.47 bits per heavy atom. The van der Waals surface area contributed by atoms with Gasteiger partial charge in [0.1, 0.15) is 6.10 Å². The molecule has 15 heavy (non-hydrogen) atoms. The van der Waals surface area contributed by atoms with Crippen LogP contribution in [0.4, 0.5) is 0 Å². The van der Waals surface area contributed by atoms with Gasteiger partial charge in [-0.15, -0.1) is 0 Å². The molecule has 0 saturated heterocycles. The maximum absolute atomic E-state index is 9.56. The summed E-state index contributed by atoms with van der Waals surface area (Å²) < 4.78 is 4.96. The summed E-state index contributed by atoms with van der Waals surface area (Å²) in [6.07, 6.45) is 0.430. The average Bonchev–Trinajstić information content (AvgIpc) is 2.50. The maximum atomic E-state index is 9.56. The second-order valence-corrected chi connectivity index (χ2v) is 4.88. The molecule has 3 N–H and O–H groups in total. The van der Waals surface area contributed by atoms with Crippen LogP contribution in [-0.4, -0.2) is 21.8 Å². The van der Waals surface area contributed by atoms with Crippen LogP contribution < -0.4 is 5.73 Å². The molecule has 1 aromatic rings. The van der Waals surface area contributed by atoms with Gasteiger partial charge in [0.05, 0.1) is 0 Å². The monoisotopic (exact) mass is 213 g/mol. The minimum atomic E-state index is -0.740. The van der Waals surface area contributed by atoms with E-state index < -0.39 is 6.10 Å². The Morgan fingerprint density at radius 2 is 2.13 bits per heavy atom. The number of rotatable bonds is 4. The summed E-state index contributed by atoms with van der Waals surface area (Å²) in [4.78, 5) is 4.13. The van der Waals surface area contributed by atoms with Gasteiger partial charge in [-0.2, -0.15) is 4.98 Å². The first kappa shape index (κ1) is 12.1. The summed E-state index contributed by atoms with van der Waals surface area (Å²) in [5, 5.41) is 13.4. The Labute approximate surface area is 89.7 Å². The number of hydrogen-bond acceptors (Lipinski definition) is 5. The highest BCUT2D eigenvalue weighted by Gasteiger charge is 2.19. The van der Waals surface area contributed by atoms with Gasteiger partial charge < -0.3 is 15.4 Å². The molecule has 0 aliphatic rings.